The quantitative estimate of drug-likeness (QED) is 0.123. The fourth-order valence-electron chi connectivity index (χ4n) is 7.29. The number of rotatable bonds is 9. The summed E-state index contributed by atoms with van der Waals surface area (Å²) < 4.78 is 100. The van der Waals surface area contributed by atoms with Crippen LogP contribution in [0.4, 0.5) is 36.4 Å². The summed E-state index contributed by atoms with van der Waals surface area (Å²) in [6.45, 7) is 4.79. The van der Waals surface area contributed by atoms with Crippen LogP contribution in [0.3, 0.4) is 0 Å². The van der Waals surface area contributed by atoms with Crippen LogP contribution in [-0.4, -0.2) is 49.4 Å². The lowest BCUT2D eigenvalue weighted by Gasteiger charge is -2.22. The molecule has 0 radical (unpaired) electrons. The number of aryl methyl sites for hydroxylation is 2. The molecule has 10 nitrogen and oxygen atoms in total. The van der Waals surface area contributed by atoms with Gasteiger partial charge >= 0.3 is 12.1 Å². The third kappa shape index (κ3) is 9.16. The minimum absolute atomic E-state index is 0.147. The van der Waals surface area contributed by atoms with Gasteiger partial charge < -0.3 is 24.9 Å². The molecule has 0 saturated carbocycles. The Morgan fingerprint density at radius 2 is 1.38 bits per heavy atom. The van der Waals surface area contributed by atoms with Crippen LogP contribution in [0.2, 0.25) is 0 Å². The highest BCUT2D eigenvalue weighted by atomic mass is 79.9. The van der Waals surface area contributed by atoms with Crippen molar-refractivity contribution >= 4 is 66.2 Å². The highest BCUT2D eigenvalue weighted by Gasteiger charge is 2.38. The van der Waals surface area contributed by atoms with E-state index in [0.29, 0.717) is 55.2 Å². The number of benzene rings is 4. The van der Waals surface area contributed by atoms with Crippen LogP contribution in [-0.2, 0) is 25.3 Å². The molecule has 3 N–H and O–H groups in total. The maximum atomic E-state index is 14.9. The van der Waals surface area contributed by atoms with Gasteiger partial charge in [-0.15, -0.1) is 0 Å². The van der Waals surface area contributed by atoms with Gasteiger partial charge in [0.2, 0.25) is 5.43 Å². The molecule has 2 atom stereocenters. The fraction of sp³-hybridized carbons (Fsp3) is 0.222. The van der Waals surface area contributed by atoms with E-state index in [1.165, 1.54) is 43.5 Å². The molecule has 328 valence electrons. The molecule has 18 heteroatoms. The topological polar surface area (TPSA) is 135 Å². The number of nitrogens with one attached hydrogen (secondary N) is 2. The smallest absolute Gasteiger partial charge is 0.408 e. The van der Waals surface area contributed by atoms with Gasteiger partial charge in [-0.3, -0.25) is 19.4 Å². The zero-order chi connectivity index (χ0) is 46.2. The van der Waals surface area contributed by atoms with Crippen LogP contribution in [0.25, 0.3) is 43.8 Å². The second-order valence-electron chi connectivity index (χ2n) is 14.7. The predicted octanol–water partition coefficient (Wildman–Crippen LogP) is 9.41. The number of alkyl halides is 3. The van der Waals surface area contributed by atoms with E-state index in [4.69, 9.17) is 0 Å². The van der Waals surface area contributed by atoms with Gasteiger partial charge in [0.05, 0.1) is 26.6 Å². The second kappa shape index (κ2) is 18.0. The molecule has 0 fully saturated rings. The summed E-state index contributed by atoms with van der Waals surface area (Å²) in [6, 6.07) is 11.6. The molecule has 0 spiro atoms. The number of carboxylic acids is 1. The average Bonchev–Trinajstić information content (AvgIpc) is 3.23. The van der Waals surface area contributed by atoms with Crippen LogP contribution in [0.5, 0.6) is 0 Å². The Hall–Kier alpha value is -6.56. The minimum atomic E-state index is -4.70. The van der Waals surface area contributed by atoms with Crippen LogP contribution in [0.15, 0.2) is 93.1 Å². The highest BCUT2D eigenvalue weighted by molar-refractivity contribution is 9.10. The Kier molecular flexibility index (Phi) is 13.2. The molecular formula is C45H37BrF7N5O5. The number of amides is 1. The Balaban J connectivity index is 0.000000369. The zero-order valence-corrected chi connectivity index (χ0v) is 35.6. The molecule has 0 aliphatic rings. The lowest BCUT2D eigenvalue weighted by molar-refractivity contribution is -0.143. The third-order valence-corrected chi connectivity index (χ3v) is 11.7. The van der Waals surface area contributed by atoms with E-state index in [0.717, 1.165) is 17.3 Å². The molecule has 0 saturated heterocycles. The summed E-state index contributed by atoms with van der Waals surface area (Å²) in [5, 5.41) is 15.0. The molecule has 4 aromatic carbocycles. The van der Waals surface area contributed by atoms with Crippen LogP contribution in [0.1, 0.15) is 40.7 Å². The first-order chi connectivity index (χ1) is 29.6. The van der Waals surface area contributed by atoms with Gasteiger partial charge in [-0.2, -0.15) is 13.2 Å². The first-order valence-electron chi connectivity index (χ1n) is 19.1. The molecule has 0 aliphatic carbocycles. The van der Waals surface area contributed by atoms with Crippen molar-refractivity contribution in [3.8, 4) is 11.1 Å². The maximum absolute atomic E-state index is 14.9. The number of pyridine rings is 3. The normalized spacial score (nSPS) is 12.5. The largest absolute Gasteiger partial charge is 0.480 e. The van der Waals surface area contributed by atoms with Crippen LogP contribution in [0, 0.1) is 37.1 Å². The van der Waals surface area contributed by atoms with Crippen molar-refractivity contribution < 1.29 is 45.4 Å². The summed E-state index contributed by atoms with van der Waals surface area (Å²) in [6.07, 6.45) is -4.05. The lowest BCUT2D eigenvalue weighted by atomic mass is 9.93. The molecule has 7 aromatic rings. The van der Waals surface area contributed by atoms with E-state index in [1.54, 1.807) is 42.8 Å². The molecule has 3 heterocycles. The first-order valence-corrected chi connectivity index (χ1v) is 19.9. The van der Waals surface area contributed by atoms with E-state index in [1.807, 2.05) is 23.9 Å². The Morgan fingerprint density at radius 1 is 0.810 bits per heavy atom. The summed E-state index contributed by atoms with van der Waals surface area (Å²) in [4.78, 5) is 55.1. The number of aromatic nitrogens is 3. The second-order valence-corrected chi connectivity index (χ2v) is 15.5. The van der Waals surface area contributed by atoms with Gasteiger partial charge in [0.15, 0.2) is 5.43 Å². The number of carbonyl (C=O) groups is 2. The van der Waals surface area contributed by atoms with Gasteiger partial charge in [-0.05, 0) is 96.4 Å². The predicted molar refractivity (Wildman–Crippen MR) is 229 cm³/mol. The van der Waals surface area contributed by atoms with Crippen molar-refractivity contribution in [1.82, 2.24) is 19.4 Å². The van der Waals surface area contributed by atoms with Crippen molar-refractivity contribution in [1.29, 1.82) is 0 Å². The van der Waals surface area contributed by atoms with Gasteiger partial charge in [0, 0.05) is 65.5 Å². The number of anilines is 1. The molecule has 0 bridgehead atoms. The number of hydrogen-bond acceptors (Lipinski definition) is 6. The SMILES string of the molecule is CC[C@@H](Nc1cc(F)c(C(=O)N[C@@H](Cc2ccc(-c3c(C)n(C)c4ccc(F)cc4c3=O)c3ncccc23)C(=O)O)c(F)c1)C(F)(F)F.Cc1c(Br)c(=O)c2cc(F)ccc2n1C. The summed E-state index contributed by atoms with van der Waals surface area (Å²) in [5.41, 5.74) is 1.62. The molecule has 7 rings (SSSR count). The van der Waals surface area contributed by atoms with Gasteiger partial charge in [0.1, 0.15) is 40.9 Å². The summed E-state index contributed by atoms with van der Waals surface area (Å²) in [5.74, 6) is -6.96. The Labute approximate surface area is 362 Å². The lowest BCUT2D eigenvalue weighted by Crippen LogP contribution is -2.43. The molecule has 3 aromatic heterocycles. The summed E-state index contributed by atoms with van der Waals surface area (Å²) >= 11 is 3.22. The molecule has 0 unspecified atom stereocenters. The van der Waals surface area contributed by atoms with Crippen molar-refractivity contribution in [2.45, 2.75) is 51.9 Å². The zero-order valence-electron chi connectivity index (χ0n) is 34.0. The Bertz CT molecular complexity index is 3070. The van der Waals surface area contributed by atoms with E-state index in [2.05, 4.69) is 26.2 Å². The van der Waals surface area contributed by atoms with Gasteiger partial charge in [-0.1, -0.05) is 25.1 Å². The Morgan fingerprint density at radius 3 is 1.94 bits per heavy atom. The van der Waals surface area contributed by atoms with E-state index >= 15 is 0 Å². The number of aliphatic carboxylic acids is 1. The van der Waals surface area contributed by atoms with Gasteiger partial charge in [-0.25, -0.2) is 22.4 Å². The van der Waals surface area contributed by atoms with Crippen LogP contribution < -0.4 is 21.5 Å². The average molecular weight is 941 g/mol. The van der Waals surface area contributed by atoms with Crippen molar-refractivity contribution in [2.75, 3.05) is 5.32 Å². The van der Waals surface area contributed by atoms with Gasteiger partial charge in [0.25, 0.3) is 5.91 Å². The number of halogens is 8. The van der Waals surface area contributed by atoms with Crippen molar-refractivity contribution in [3.63, 3.8) is 0 Å². The molecular weight excluding hydrogens is 903 g/mol. The third-order valence-electron chi connectivity index (χ3n) is 10.8. The first kappa shape index (κ1) is 46.0. The van der Waals surface area contributed by atoms with Crippen molar-refractivity contribution in [2.24, 2.45) is 14.1 Å². The standard InChI is InChI=1S/C34H28F6N4O4.C11H9BrFNO/c1-4-27(34(38,39)40)42-19-14-23(36)29(24(37)15-19)32(46)43-25(33(47)48)12-17-7-9-21(30-20(17)6-5-11-41-30)28-16(2)44(3)26-10-8-18(35)13-22(26)31(28)45;1-6-10(12)11(15)8-5-7(13)3-4-9(8)14(6)2/h5-11,13-15,25,27,42H,4,12H2,1-3H3,(H,43,46)(H,47,48);3-5H,1-2H3/t25-,27+;/m0./s1. The monoisotopic (exact) mass is 939 g/mol. The number of carbonyl (C=O) groups excluding carboxylic acids is 1. The minimum Gasteiger partial charge on any atom is -0.480 e. The molecule has 0 aliphatic heterocycles. The van der Waals surface area contributed by atoms with Crippen molar-refractivity contribution in [3.05, 3.63) is 150 Å². The highest BCUT2D eigenvalue weighted by Crippen LogP contribution is 2.33. The summed E-state index contributed by atoms with van der Waals surface area (Å²) in [7, 11) is 3.57. The number of fused-ring (bicyclic) bond motifs is 3. The maximum Gasteiger partial charge on any atom is 0.408 e. The van der Waals surface area contributed by atoms with E-state index in [9.17, 15) is 55.0 Å². The number of hydrogen-bond donors (Lipinski definition) is 3. The number of nitrogens with zero attached hydrogens (tertiary/aromatic N) is 3. The van der Waals surface area contributed by atoms with Crippen LogP contribution >= 0.6 is 15.9 Å². The number of carboxylic acid groups (broad SMARTS) is 1. The molecule has 63 heavy (non-hydrogen) atoms. The van der Waals surface area contributed by atoms with E-state index in [-0.39, 0.29) is 22.8 Å². The van der Waals surface area contributed by atoms with E-state index < -0.39 is 76.5 Å². The molecule has 1 amide bonds. The fourth-order valence-corrected chi connectivity index (χ4v) is 7.77.